The number of fused-ring (bicyclic) bond motifs is 1. The summed E-state index contributed by atoms with van der Waals surface area (Å²) in [4.78, 5) is 2.50. The van der Waals surface area contributed by atoms with Gasteiger partial charge in [0.25, 0.3) is 0 Å². The van der Waals surface area contributed by atoms with Crippen LogP contribution in [0.4, 0.5) is 0 Å². The first-order valence-electron chi connectivity index (χ1n) is 8.52. The van der Waals surface area contributed by atoms with Gasteiger partial charge in [-0.05, 0) is 42.4 Å². The molecule has 0 fully saturated rings. The van der Waals surface area contributed by atoms with Crippen molar-refractivity contribution in [2.75, 3.05) is 19.7 Å². The van der Waals surface area contributed by atoms with Gasteiger partial charge in [-0.1, -0.05) is 39.0 Å². The molecule has 0 saturated carbocycles. The highest BCUT2D eigenvalue weighted by molar-refractivity contribution is 5.40. The van der Waals surface area contributed by atoms with Gasteiger partial charge in [0.15, 0.2) is 0 Å². The topological polar surface area (TPSA) is 38.5 Å². The molecule has 1 aromatic carbocycles. The Morgan fingerprint density at radius 3 is 2.64 bits per heavy atom. The number of rotatable bonds is 6. The first kappa shape index (κ1) is 17.5. The number of ether oxygens (including phenoxy) is 1. The Hall–Kier alpha value is -0.900. The van der Waals surface area contributed by atoms with Crippen molar-refractivity contribution < 1.29 is 4.74 Å². The summed E-state index contributed by atoms with van der Waals surface area (Å²) in [5.41, 5.74) is 10.5. The number of hydrogen-bond acceptors (Lipinski definition) is 3. The van der Waals surface area contributed by atoms with Crippen molar-refractivity contribution in [3.05, 3.63) is 34.9 Å². The SMILES string of the molecule is CC(C)OCCCN1Cc2ccc(C(C)(C)C)cc2C1CN. The fourth-order valence-electron chi connectivity index (χ4n) is 3.14. The van der Waals surface area contributed by atoms with Crippen molar-refractivity contribution in [2.24, 2.45) is 5.73 Å². The molecule has 0 aromatic heterocycles. The van der Waals surface area contributed by atoms with Crippen LogP contribution in [0.3, 0.4) is 0 Å². The van der Waals surface area contributed by atoms with Crippen LogP contribution in [-0.4, -0.2) is 30.7 Å². The molecule has 0 aliphatic carbocycles. The lowest BCUT2D eigenvalue weighted by atomic mass is 9.85. The van der Waals surface area contributed by atoms with Crippen molar-refractivity contribution in [1.82, 2.24) is 4.90 Å². The Kier molecular flexibility index (Phi) is 5.65. The summed E-state index contributed by atoms with van der Waals surface area (Å²) in [5, 5.41) is 0. The average Bonchev–Trinajstić information content (AvgIpc) is 2.78. The normalized spacial score (nSPS) is 19.0. The second-order valence-electron chi connectivity index (χ2n) is 7.66. The molecule has 0 saturated heterocycles. The summed E-state index contributed by atoms with van der Waals surface area (Å²) >= 11 is 0. The molecule has 0 bridgehead atoms. The highest BCUT2D eigenvalue weighted by Crippen LogP contribution is 2.36. The van der Waals surface area contributed by atoms with E-state index in [0.717, 1.165) is 26.1 Å². The number of nitrogens with two attached hydrogens (primary N) is 1. The summed E-state index contributed by atoms with van der Waals surface area (Å²) < 4.78 is 5.65. The zero-order valence-electron chi connectivity index (χ0n) is 14.9. The van der Waals surface area contributed by atoms with E-state index >= 15 is 0 Å². The van der Waals surface area contributed by atoms with Crippen LogP contribution in [0, 0.1) is 0 Å². The van der Waals surface area contributed by atoms with Crippen LogP contribution < -0.4 is 5.73 Å². The van der Waals surface area contributed by atoms with Crippen molar-refractivity contribution in [1.29, 1.82) is 0 Å². The minimum atomic E-state index is 0.187. The molecule has 0 amide bonds. The van der Waals surface area contributed by atoms with Crippen LogP contribution >= 0.6 is 0 Å². The van der Waals surface area contributed by atoms with Gasteiger partial charge in [0.1, 0.15) is 0 Å². The van der Waals surface area contributed by atoms with Crippen molar-refractivity contribution >= 4 is 0 Å². The number of nitrogens with zero attached hydrogens (tertiary/aromatic N) is 1. The molecule has 0 spiro atoms. The predicted molar refractivity (Wildman–Crippen MR) is 93.1 cm³/mol. The van der Waals surface area contributed by atoms with E-state index < -0.39 is 0 Å². The van der Waals surface area contributed by atoms with Gasteiger partial charge in [0, 0.05) is 32.3 Å². The van der Waals surface area contributed by atoms with E-state index in [-0.39, 0.29) is 5.41 Å². The molecule has 22 heavy (non-hydrogen) atoms. The molecule has 1 atom stereocenters. The van der Waals surface area contributed by atoms with Gasteiger partial charge in [0.2, 0.25) is 0 Å². The molecule has 2 N–H and O–H groups in total. The van der Waals surface area contributed by atoms with Crippen LogP contribution in [-0.2, 0) is 16.7 Å². The summed E-state index contributed by atoms with van der Waals surface area (Å²) in [7, 11) is 0. The zero-order chi connectivity index (χ0) is 16.3. The molecule has 0 radical (unpaired) electrons. The van der Waals surface area contributed by atoms with Crippen LogP contribution in [0.5, 0.6) is 0 Å². The van der Waals surface area contributed by atoms with Crippen molar-refractivity contribution in [2.45, 2.75) is 65.1 Å². The third-order valence-electron chi connectivity index (χ3n) is 4.45. The lowest BCUT2D eigenvalue weighted by Crippen LogP contribution is -2.29. The van der Waals surface area contributed by atoms with Crippen LogP contribution in [0.25, 0.3) is 0 Å². The number of hydrogen-bond donors (Lipinski definition) is 1. The molecule has 1 aromatic rings. The highest BCUT2D eigenvalue weighted by atomic mass is 16.5. The maximum absolute atomic E-state index is 6.08. The highest BCUT2D eigenvalue weighted by Gasteiger charge is 2.29. The van der Waals surface area contributed by atoms with Gasteiger partial charge >= 0.3 is 0 Å². The second-order valence-corrected chi connectivity index (χ2v) is 7.66. The lowest BCUT2D eigenvalue weighted by molar-refractivity contribution is 0.0675. The van der Waals surface area contributed by atoms with E-state index in [1.807, 2.05) is 0 Å². The number of benzene rings is 1. The van der Waals surface area contributed by atoms with Crippen molar-refractivity contribution in [3.63, 3.8) is 0 Å². The van der Waals surface area contributed by atoms with E-state index in [9.17, 15) is 0 Å². The molecular weight excluding hydrogens is 272 g/mol. The Bertz CT molecular complexity index is 491. The average molecular weight is 304 g/mol. The maximum atomic E-state index is 6.08. The molecule has 1 unspecified atom stereocenters. The van der Waals surface area contributed by atoms with Gasteiger partial charge in [-0.3, -0.25) is 4.90 Å². The molecule has 2 rings (SSSR count). The Balaban J connectivity index is 2.05. The molecular formula is C19H32N2O. The Labute approximate surface area is 135 Å². The van der Waals surface area contributed by atoms with Gasteiger partial charge in [-0.15, -0.1) is 0 Å². The second kappa shape index (κ2) is 7.12. The fourth-order valence-corrected chi connectivity index (χ4v) is 3.14. The van der Waals surface area contributed by atoms with Gasteiger partial charge in [-0.25, -0.2) is 0 Å². The van der Waals surface area contributed by atoms with Gasteiger partial charge < -0.3 is 10.5 Å². The largest absolute Gasteiger partial charge is 0.379 e. The van der Waals surface area contributed by atoms with Crippen LogP contribution in [0.15, 0.2) is 18.2 Å². The minimum absolute atomic E-state index is 0.187. The Morgan fingerprint density at radius 1 is 1.32 bits per heavy atom. The quantitative estimate of drug-likeness (QED) is 0.816. The summed E-state index contributed by atoms with van der Waals surface area (Å²) in [6, 6.07) is 7.30. The van der Waals surface area contributed by atoms with Crippen LogP contribution in [0.1, 0.15) is 63.8 Å². The minimum Gasteiger partial charge on any atom is -0.379 e. The third kappa shape index (κ3) is 4.09. The maximum Gasteiger partial charge on any atom is 0.0518 e. The monoisotopic (exact) mass is 304 g/mol. The summed E-state index contributed by atoms with van der Waals surface area (Å²) in [6.45, 7) is 14.6. The molecule has 3 nitrogen and oxygen atoms in total. The smallest absolute Gasteiger partial charge is 0.0518 e. The van der Waals surface area contributed by atoms with Gasteiger partial charge in [-0.2, -0.15) is 0 Å². The standard InChI is InChI=1S/C19H32N2O/c1-14(2)22-10-6-9-21-13-15-7-8-16(19(3,4)5)11-17(15)18(21)12-20/h7-8,11,14,18H,6,9-10,12-13,20H2,1-5H3. The van der Waals surface area contributed by atoms with E-state index in [1.54, 1.807) is 0 Å². The van der Waals surface area contributed by atoms with Gasteiger partial charge in [0.05, 0.1) is 6.10 Å². The molecule has 3 heteroatoms. The molecule has 124 valence electrons. The summed E-state index contributed by atoms with van der Waals surface area (Å²) in [6.07, 6.45) is 1.38. The fraction of sp³-hybridized carbons (Fsp3) is 0.684. The molecule has 1 aliphatic rings. The first-order valence-corrected chi connectivity index (χ1v) is 8.52. The predicted octanol–water partition coefficient (Wildman–Crippen LogP) is 3.61. The third-order valence-corrected chi connectivity index (χ3v) is 4.45. The van der Waals surface area contributed by atoms with Crippen LogP contribution in [0.2, 0.25) is 0 Å². The first-order chi connectivity index (χ1) is 10.3. The Morgan fingerprint density at radius 2 is 2.05 bits per heavy atom. The van der Waals surface area contributed by atoms with E-state index in [1.165, 1.54) is 16.7 Å². The molecule has 1 aliphatic heterocycles. The van der Waals surface area contributed by atoms with Crippen molar-refractivity contribution in [3.8, 4) is 0 Å². The lowest BCUT2D eigenvalue weighted by Gasteiger charge is -2.25. The van der Waals surface area contributed by atoms with E-state index in [0.29, 0.717) is 18.7 Å². The van der Waals surface area contributed by atoms with E-state index in [2.05, 4.69) is 57.7 Å². The van der Waals surface area contributed by atoms with E-state index in [4.69, 9.17) is 10.5 Å². The zero-order valence-corrected chi connectivity index (χ0v) is 14.9. The summed E-state index contributed by atoms with van der Waals surface area (Å²) in [5.74, 6) is 0. The molecule has 1 heterocycles.